The van der Waals surface area contributed by atoms with Crippen molar-refractivity contribution in [2.45, 2.75) is 31.3 Å². The van der Waals surface area contributed by atoms with Gasteiger partial charge >= 0.3 is 5.69 Å². The third-order valence-corrected chi connectivity index (χ3v) is 4.00. The van der Waals surface area contributed by atoms with E-state index in [-0.39, 0.29) is 26.1 Å². The second-order valence-corrected chi connectivity index (χ2v) is 5.86. The molecule has 10 nitrogen and oxygen atoms in total. The van der Waals surface area contributed by atoms with Crippen molar-refractivity contribution in [3.63, 3.8) is 0 Å². The van der Waals surface area contributed by atoms with Crippen LogP contribution >= 0.6 is 8.53 Å². The first-order valence-electron chi connectivity index (χ1n) is 6.84. The fourth-order valence-electron chi connectivity index (χ4n) is 2.06. The van der Waals surface area contributed by atoms with Gasteiger partial charge in [0, 0.05) is 18.7 Å². The Morgan fingerprint density at radius 1 is 1.57 bits per heavy atom. The number of rotatable bonds is 7. The summed E-state index contributed by atoms with van der Waals surface area (Å²) in [5.41, 5.74) is 4.48. The van der Waals surface area contributed by atoms with E-state index in [0.717, 1.165) is 0 Å². The van der Waals surface area contributed by atoms with Crippen LogP contribution in [0, 0.1) is 11.3 Å². The lowest BCUT2D eigenvalue weighted by molar-refractivity contribution is -0.0413. The van der Waals surface area contributed by atoms with Crippen LogP contribution < -0.4 is 16.8 Å². The quantitative estimate of drug-likeness (QED) is 0.434. The maximum absolute atomic E-state index is 11.7. The van der Waals surface area contributed by atoms with E-state index in [0.29, 0.717) is 0 Å². The van der Waals surface area contributed by atoms with Crippen molar-refractivity contribution in [1.29, 1.82) is 5.26 Å². The minimum absolute atomic E-state index is 0.00940. The summed E-state index contributed by atoms with van der Waals surface area (Å²) in [6, 6.07) is 3.11. The summed E-state index contributed by atoms with van der Waals surface area (Å²) in [4.78, 5) is 24.9. The zero-order valence-corrected chi connectivity index (χ0v) is 13.0. The molecular weight excluding hydrogens is 327 g/mol. The predicted octanol–water partition coefficient (Wildman–Crippen LogP) is -0.683. The van der Waals surface area contributed by atoms with Crippen molar-refractivity contribution in [2.75, 3.05) is 13.2 Å². The molecule has 1 unspecified atom stereocenters. The molecule has 1 saturated heterocycles. The topological polar surface area (TPSA) is 153 Å². The monoisotopic (exact) mass is 344 g/mol. The predicted molar refractivity (Wildman–Crippen MR) is 79.1 cm³/mol. The van der Waals surface area contributed by atoms with Crippen LogP contribution in [-0.2, 0) is 13.8 Å². The van der Waals surface area contributed by atoms with E-state index >= 15 is 0 Å². The number of aromatic nitrogens is 2. The lowest BCUT2D eigenvalue weighted by Gasteiger charge is -2.18. The molecule has 0 amide bonds. The van der Waals surface area contributed by atoms with Gasteiger partial charge in [-0.25, -0.2) is 4.79 Å². The molecule has 0 spiro atoms. The van der Waals surface area contributed by atoms with E-state index in [1.807, 2.05) is 6.07 Å². The number of H-pyrrole nitrogens is 1. The molecule has 0 bridgehead atoms. The lowest BCUT2D eigenvalue weighted by atomic mass is 10.2. The molecule has 0 aromatic carbocycles. The van der Waals surface area contributed by atoms with Crippen LogP contribution in [0.25, 0.3) is 0 Å². The number of hydrogen-bond donors (Lipinski definition) is 3. The van der Waals surface area contributed by atoms with Crippen molar-refractivity contribution in [1.82, 2.24) is 9.55 Å². The number of nitrogens with two attached hydrogens (primary N) is 1. The Labute approximate surface area is 132 Å². The minimum Gasteiger partial charge on any atom is -0.390 e. The Bertz CT molecular complexity index is 670. The summed E-state index contributed by atoms with van der Waals surface area (Å²) in [5, 5.41) is 18.4. The molecule has 11 heteroatoms. The third-order valence-electron chi connectivity index (χ3n) is 3.16. The van der Waals surface area contributed by atoms with Gasteiger partial charge in [-0.05, 0) is 0 Å². The van der Waals surface area contributed by atoms with Gasteiger partial charge in [-0.15, -0.1) is 0 Å². The molecule has 2 heterocycles. The van der Waals surface area contributed by atoms with Crippen molar-refractivity contribution >= 4 is 8.53 Å². The van der Waals surface area contributed by atoms with Crippen LogP contribution in [0.2, 0.25) is 0 Å². The second-order valence-electron chi connectivity index (χ2n) is 4.77. The highest BCUT2D eigenvalue weighted by molar-refractivity contribution is 7.44. The van der Waals surface area contributed by atoms with Gasteiger partial charge in [-0.1, -0.05) is 0 Å². The van der Waals surface area contributed by atoms with Gasteiger partial charge in [0.1, 0.15) is 12.3 Å². The fraction of sp³-hybridized carbons (Fsp3) is 0.583. The number of hydrogen-bond acceptors (Lipinski definition) is 8. The average molecular weight is 344 g/mol. The maximum atomic E-state index is 11.7. The van der Waals surface area contributed by atoms with Crippen molar-refractivity contribution in [2.24, 2.45) is 5.50 Å². The Kier molecular flexibility index (Phi) is 6.41. The van der Waals surface area contributed by atoms with Crippen LogP contribution in [0.15, 0.2) is 21.9 Å². The highest BCUT2D eigenvalue weighted by Gasteiger charge is 2.36. The summed E-state index contributed by atoms with van der Waals surface area (Å²) >= 11 is 0. The van der Waals surface area contributed by atoms with Gasteiger partial charge in [0.25, 0.3) is 14.1 Å². The first kappa shape index (κ1) is 17.7. The molecular formula is C12H17N4O6P. The summed E-state index contributed by atoms with van der Waals surface area (Å²) in [6.45, 7) is 0.159. The maximum Gasteiger partial charge on any atom is 0.330 e. The molecule has 1 aromatic rings. The summed E-state index contributed by atoms with van der Waals surface area (Å²) in [5.74, 6) is 0. The van der Waals surface area contributed by atoms with Crippen molar-refractivity contribution < 1.29 is 18.9 Å². The van der Waals surface area contributed by atoms with Gasteiger partial charge < -0.3 is 18.9 Å². The molecule has 1 aliphatic heterocycles. The van der Waals surface area contributed by atoms with E-state index in [1.165, 1.54) is 16.8 Å². The molecule has 126 valence electrons. The van der Waals surface area contributed by atoms with E-state index in [2.05, 4.69) is 4.98 Å². The first-order valence-corrected chi connectivity index (χ1v) is 8.08. The van der Waals surface area contributed by atoms with Gasteiger partial charge in [0.15, 0.2) is 0 Å². The largest absolute Gasteiger partial charge is 0.390 e. The van der Waals surface area contributed by atoms with Crippen LogP contribution in [0.3, 0.4) is 0 Å². The number of aliphatic hydroxyl groups is 1. The van der Waals surface area contributed by atoms with Crippen molar-refractivity contribution in [3.05, 3.63) is 33.1 Å². The van der Waals surface area contributed by atoms with Crippen LogP contribution in [0.4, 0.5) is 0 Å². The van der Waals surface area contributed by atoms with E-state index in [9.17, 15) is 14.7 Å². The molecule has 1 fully saturated rings. The van der Waals surface area contributed by atoms with Gasteiger partial charge in [-0.3, -0.25) is 19.8 Å². The number of aromatic amines is 1. The third kappa shape index (κ3) is 4.94. The van der Waals surface area contributed by atoms with Crippen LogP contribution in [-0.4, -0.2) is 40.1 Å². The molecule has 4 atom stereocenters. The lowest BCUT2D eigenvalue weighted by Crippen LogP contribution is -2.31. The number of ether oxygens (including phenoxy) is 1. The van der Waals surface area contributed by atoms with Gasteiger partial charge in [0.05, 0.1) is 31.8 Å². The SMILES string of the molecule is N#CCCOP(N)OC[C@H]1O[C@@H](n2ccc(=O)[nH]c2=O)C[C@@H]1O. The molecule has 2 rings (SSSR count). The van der Waals surface area contributed by atoms with E-state index < -0.39 is 38.2 Å². The zero-order valence-electron chi connectivity index (χ0n) is 12.1. The van der Waals surface area contributed by atoms with Crippen LogP contribution in [0.5, 0.6) is 0 Å². The first-order chi connectivity index (χ1) is 11.0. The molecule has 0 radical (unpaired) electrons. The number of nitrogens with one attached hydrogen (secondary N) is 1. The van der Waals surface area contributed by atoms with Gasteiger partial charge in [0.2, 0.25) is 0 Å². The minimum atomic E-state index is -1.66. The van der Waals surface area contributed by atoms with Crippen molar-refractivity contribution in [3.8, 4) is 6.07 Å². The molecule has 23 heavy (non-hydrogen) atoms. The zero-order chi connectivity index (χ0) is 16.8. The summed E-state index contributed by atoms with van der Waals surface area (Å²) in [6.07, 6.45) is -0.528. The van der Waals surface area contributed by atoms with Gasteiger partial charge in [-0.2, -0.15) is 5.26 Å². The highest BCUT2D eigenvalue weighted by Crippen LogP contribution is 2.33. The number of aliphatic hydroxyl groups excluding tert-OH is 1. The Balaban J connectivity index is 1.87. The molecule has 1 aliphatic rings. The molecule has 0 aliphatic carbocycles. The molecule has 1 aromatic heterocycles. The second kappa shape index (κ2) is 8.31. The Morgan fingerprint density at radius 2 is 2.35 bits per heavy atom. The Morgan fingerprint density at radius 3 is 3.04 bits per heavy atom. The van der Waals surface area contributed by atoms with E-state index in [1.54, 1.807) is 0 Å². The summed E-state index contributed by atoms with van der Waals surface area (Å²) in [7, 11) is -1.66. The number of nitrogens with zero attached hydrogens (tertiary/aromatic N) is 2. The summed E-state index contributed by atoms with van der Waals surface area (Å²) < 4.78 is 17.1. The molecule has 4 N–H and O–H groups in total. The van der Waals surface area contributed by atoms with Crippen LogP contribution in [0.1, 0.15) is 19.1 Å². The standard InChI is InChI=1S/C12H17N4O6P/c13-3-1-5-20-23(14)21-7-9-8(17)6-11(22-9)16-4-2-10(18)15-12(16)19/h2,4,8-9,11,17H,1,5-7,14H2,(H,15,18,19)/t8-,9+,11+,23?/m0/s1. The van der Waals surface area contributed by atoms with E-state index in [4.69, 9.17) is 24.6 Å². The average Bonchev–Trinajstić information content (AvgIpc) is 2.86. The number of nitriles is 1. The smallest absolute Gasteiger partial charge is 0.330 e. The molecule has 0 saturated carbocycles. The highest BCUT2D eigenvalue weighted by atomic mass is 31.2. The fourth-order valence-corrected chi connectivity index (χ4v) is 2.70. The normalized spacial score (nSPS) is 25.2. The Hall–Kier alpha value is -1.60.